The standard InChI is InChI=1S/C20H37N3O3/c1-6-8-11-22(5)17(24)15-9-12-23(13-10-15)18(25)20(21)14-16(26-7-2)19(20,3)4/h15-16H,6-14,21H2,1-5H3. The summed E-state index contributed by atoms with van der Waals surface area (Å²) >= 11 is 0. The molecule has 2 amide bonds. The Morgan fingerprint density at radius 3 is 2.35 bits per heavy atom. The number of ether oxygens (including phenoxy) is 1. The second-order valence-corrected chi connectivity index (χ2v) is 8.52. The van der Waals surface area contributed by atoms with E-state index in [4.69, 9.17) is 10.5 Å². The van der Waals surface area contributed by atoms with Gasteiger partial charge in [0.15, 0.2) is 0 Å². The average molecular weight is 368 g/mol. The Balaban J connectivity index is 1.90. The summed E-state index contributed by atoms with van der Waals surface area (Å²) in [5.41, 5.74) is 5.30. The number of nitrogens with two attached hydrogens (primary N) is 1. The van der Waals surface area contributed by atoms with Crippen molar-refractivity contribution in [1.29, 1.82) is 0 Å². The molecule has 0 radical (unpaired) electrons. The maximum Gasteiger partial charge on any atom is 0.243 e. The van der Waals surface area contributed by atoms with Gasteiger partial charge in [0, 0.05) is 51.0 Å². The van der Waals surface area contributed by atoms with Gasteiger partial charge in [-0.1, -0.05) is 27.2 Å². The van der Waals surface area contributed by atoms with Gasteiger partial charge in [0.2, 0.25) is 11.8 Å². The first-order valence-corrected chi connectivity index (χ1v) is 10.1. The number of carbonyl (C=O) groups is 2. The molecule has 26 heavy (non-hydrogen) atoms. The lowest BCUT2D eigenvalue weighted by Crippen LogP contribution is -2.76. The predicted octanol–water partition coefficient (Wildman–Crippen LogP) is 2.02. The van der Waals surface area contributed by atoms with Crippen LogP contribution in [0.2, 0.25) is 0 Å². The third-order valence-corrected chi connectivity index (χ3v) is 6.57. The minimum absolute atomic E-state index is 0.0173. The van der Waals surface area contributed by atoms with Gasteiger partial charge in [0.05, 0.1) is 6.10 Å². The van der Waals surface area contributed by atoms with Crippen LogP contribution in [0.3, 0.4) is 0 Å². The Hall–Kier alpha value is -1.14. The number of carbonyl (C=O) groups excluding carboxylic acids is 2. The van der Waals surface area contributed by atoms with Crippen molar-refractivity contribution in [2.75, 3.05) is 33.3 Å². The first kappa shape index (κ1) is 21.2. The van der Waals surface area contributed by atoms with Gasteiger partial charge < -0.3 is 20.3 Å². The average Bonchev–Trinajstić information content (AvgIpc) is 2.64. The van der Waals surface area contributed by atoms with E-state index in [1.807, 2.05) is 37.6 Å². The van der Waals surface area contributed by atoms with Crippen LogP contribution in [0.4, 0.5) is 0 Å². The third-order valence-electron chi connectivity index (χ3n) is 6.57. The van der Waals surface area contributed by atoms with Crippen molar-refractivity contribution in [1.82, 2.24) is 9.80 Å². The lowest BCUT2D eigenvalue weighted by atomic mass is 9.54. The molecule has 2 unspecified atom stereocenters. The highest BCUT2D eigenvalue weighted by atomic mass is 16.5. The lowest BCUT2D eigenvalue weighted by molar-refractivity contribution is -0.180. The largest absolute Gasteiger partial charge is 0.378 e. The molecular weight excluding hydrogens is 330 g/mol. The second-order valence-electron chi connectivity index (χ2n) is 8.52. The molecule has 1 saturated heterocycles. The van der Waals surface area contributed by atoms with Crippen LogP contribution in [0.5, 0.6) is 0 Å². The van der Waals surface area contributed by atoms with Crippen LogP contribution in [-0.4, -0.2) is 66.5 Å². The number of nitrogens with zero attached hydrogens (tertiary/aromatic N) is 2. The van der Waals surface area contributed by atoms with E-state index in [0.29, 0.717) is 26.1 Å². The Bertz CT molecular complexity index is 514. The second kappa shape index (κ2) is 8.26. The minimum Gasteiger partial charge on any atom is -0.378 e. The summed E-state index contributed by atoms with van der Waals surface area (Å²) in [6.07, 6.45) is 4.18. The van der Waals surface area contributed by atoms with Gasteiger partial charge >= 0.3 is 0 Å². The van der Waals surface area contributed by atoms with E-state index >= 15 is 0 Å². The zero-order valence-corrected chi connectivity index (χ0v) is 17.2. The fraction of sp³-hybridized carbons (Fsp3) is 0.900. The molecule has 2 aliphatic rings. The fourth-order valence-electron chi connectivity index (χ4n) is 4.23. The van der Waals surface area contributed by atoms with E-state index < -0.39 is 5.54 Å². The van der Waals surface area contributed by atoms with Crippen molar-refractivity contribution in [2.24, 2.45) is 17.1 Å². The molecule has 1 heterocycles. The summed E-state index contributed by atoms with van der Waals surface area (Å²) in [6.45, 7) is 10.8. The minimum atomic E-state index is -0.860. The number of likely N-dealkylation sites (tertiary alicyclic amines) is 1. The van der Waals surface area contributed by atoms with E-state index in [1.54, 1.807) is 0 Å². The van der Waals surface area contributed by atoms with Crippen LogP contribution in [0.25, 0.3) is 0 Å². The van der Waals surface area contributed by atoms with Gasteiger partial charge in [-0.05, 0) is 26.2 Å². The molecule has 2 atom stereocenters. The lowest BCUT2D eigenvalue weighted by Gasteiger charge is -2.59. The summed E-state index contributed by atoms with van der Waals surface area (Å²) < 4.78 is 5.73. The van der Waals surface area contributed by atoms with Gasteiger partial charge in [-0.25, -0.2) is 0 Å². The van der Waals surface area contributed by atoms with E-state index in [0.717, 1.165) is 32.2 Å². The highest BCUT2D eigenvalue weighted by Crippen LogP contribution is 2.50. The van der Waals surface area contributed by atoms with Crippen molar-refractivity contribution >= 4 is 11.8 Å². The fourth-order valence-corrected chi connectivity index (χ4v) is 4.23. The summed E-state index contributed by atoms with van der Waals surface area (Å²) in [5.74, 6) is 0.261. The number of amides is 2. The van der Waals surface area contributed by atoms with Crippen molar-refractivity contribution < 1.29 is 14.3 Å². The molecule has 6 heteroatoms. The van der Waals surface area contributed by atoms with Gasteiger partial charge in [0.1, 0.15) is 5.54 Å². The highest BCUT2D eigenvalue weighted by molar-refractivity contribution is 5.89. The summed E-state index contributed by atoms with van der Waals surface area (Å²) in [7, 11) is 1.88. The van der Waals surface area contributed by atoms with Crippen molar-refractivity contribution in [2.45, 2.75) is 71.4 Å². The molecule has 0 bridgehead atoms. The molecule has 0 aromatic rings. The van der Waals surface area contributed by atoms with Gasteiger partial charge in [-0.3, -0.25) is 9.59 Å². The Labute approximate surface area is 158 Å². The summed E-state index contributed by atoms with van der Waals surface area (Å²) in [5, 5.41) is 0. The molecule has 2 fully saturated rings. The van der Waals surface area contributed by atoms with Crippen LogP contribution in [0.15, 0.2) is 0 Å². The zero-order chi connectivity index (χ0) is 19.5. The Morgan fingerprint density at radius 1 is 1.23 bits per heavy atom. The molecule has 0 spiro atoms. The first-order valence-electron chi connectivity index (χ1n) is 10.1. The molecule has 1 saturated carbocycles. The summed E-state index contributed by atoms with van der Waals surface area (Å²) in [4.78, 5) is 29.3. The van der Waals surface area contributed by atoms with Crippen molar-refractivity contribution in [3.05, 3.63) is 0 Å². The maximum absolute atomic E-state index is 13.1. The number of rotatable bonds is 7. The normalized spacial score (nSPS) is 28.5. The topological polar surface area (TPSA) is 75.9 Å². The molecule has 1 aliphatic heterocycles. The number of piperidine rings is 1. The predicted molar refractivity (Wildman–Crippen MR) is 103 cm³/mol. The molecule has 1 aliphatic carbocycles. The quantitative estimate of drug-likeness (QED) is 0.747. The van der Waals surface area contributed by atoms with Crippen LogP contribution < -0.4 is 5.73 Å². The van der Waals surface area contributed by atoms with Gasteiger partial charge in [-0.15, -0.1) is 0 Å². The van der Waals surface area contributed by atoms with Gasteiger partial charge in [0.25, 0.3) is 0 Å². The van der Waals surface area contributed by atoms with Gasteiger partial charge in [-0.2, -0.15) is 0 Å². The highest BCUT2D eigenvalue weighted by Gasteiger charge is 2.63. The number of hydrogen-bond donors (Lipinski definition) is 1. The van der Waals surface area contributed by atoms with Crippen molar-refractivity contribution in [3.63, 3.8) is 0 Å². The molecule has 0 aromatic carbocycles. The molecule has 2 rings (SSSR count). The summed E-state index contributed by atoms with van der Waals surface area (Å²) in [6, 6.07) is 0. The zero-order valence-electron chi connectivity index (χ0n) is 17.2. The van der Waals surface area contributed by atoms with E-state index in [2.05, 4.69) is 6.92 Å². The number of unbranched alkanes of at least 4 members (excludes halogenated alkanes) is 1. The van der Waals surface area contributed by atoms with E-state index in [-0.39, 0.29) is 29.3 Å². The molecule has 0 aromatic heterocycles. The van der Waals surface area contributed by atoms with Crippen molar-refractivity contribution in [3.8, 4) is 0 Å². The SMILES string of the molecule is CCCCN(C)C(=O)C1CCN(C(=O)C2(N)CC(OCC)C2(C)C)CC1. The third kappa shape index (κ3) is 3.77. The number of hydrogen-bond acceptors (Lipinski definition) is 4. The molecule has 150 valence electrons. The molecule has 2 N–H and O–H groups in total. The first-order chi connectivity index (χ1) is 12.2. The van der Waals surface area contributed by atoms with Crippen LogP contribution in [0, 0.1) is 11.3 Å². The smallest absolute Gasteiger partial charge is 0.243 e. The van der Waals surface area contributed by atoms with Crippen LogP contribution in [0.1, 0.15) is 59.8 Å². The monoisotopic (exact) mass is 367 g/mol. The molecular formula is C20H37N3O3. The maximum atomic E-state index is 13.1. The molecule has 6 nitrogen and oxygen atoms in total. The Kier molecular flexibility index (Phi) is 6.72. The van der Waals surface area contributed by atoms with E-state index in [9.17, 15) is 9.59 Å². The van der Waals surface area contributed by atoms with Crippen LogP contribution in [-0.2, 0) is 14.3 Å². The Morgan fingerprint density at radius 2 is 1.85 bits per heavy atom. The van der Waals surface area contributed by atoms with E-state index in [1.165, 1.54) is 0 Å². The van der Waals surface area contributed by atoms with Crippen LogP contribution >= 0.6 is 0 Å².